The van der Waals surface area contributed by atoms with Crippen LogP contribution in [0.5, 0.6) is 0 Å². The summed E-state index contributed by atoms with van der Waals surface area (Å²) >= 11 is 11.9. The van der Waals surface area contributed by atoms with Crippen molar-refractivity contribution in [2.45, 2.75) is 6.04 Å². The fraction of sp³-hybridized carbons (Fsp3) is 0.133. The van der Waals surface area contributed by atoms with Crippen LogP contribution in [0.3, 0.4) is 0 Å². The monoisotopic (exact) mass is 324 g/mol. The maximum absolute atomic E-state index is 12.3. The van der Waals surface area contributed by atoms with Gasteiger partial charge in [-0.25, -0.2) is 0 Å². The molecule has 1 atom stereocenters. The number of carbonyl (C=O) groups excluding carboxylic acids is 1. The number of nitrogens with two attached hydrogens (primary N) is 1. The molecule has 0 aliphatic heterocycles. The van der Waals surface area contributed by atoms with E-state index in [0.717, 1.165) is 5.56 Å². The molecule has 0 heterocycles. The van der Waals surface area contributed by atoms with Crippen LogP contribution in [0.2, 0.25) is 10.0 Å². The van der Waals surface area contributed by atoms with Crippen molar-refractivity contribution in [3.05, 3.63) is 63.6 Å². The highest BCUT2D eigenvalue weighted by molar-refractivity contribution is 6.44. The molecule has 2 aromatic carbocycles. The zero-order chi connectivity index (χ0) is 15.4. The second-order valence-corrected chi connectivity index (χ2v) is 5.27. The lowest BCUT2D eigenvalue weighted by atomic mass is 10.1. The highest BCUT2D eigenvalue weighted by Gasteiger charge is 2.18. The molecular formula is C15H14Cl2N2O2. The van der Waals surface area contributed by atoms with E-state index in [2.05, 4.69) is 5.32 Å². The fourth-order valence-corrected chi connectivity index (χ4v) is 2.35. The van der Waals surface area contributed by atoms with Gasteiger partial charge in [0.05, 0.1) is 28.3 Å². The van der Waals surface area contributed by atoms with E-state index in [1.54, 1.807) is 0 Å². The number of anilines is 1. The number of benzene rings is 2. The molecule has 0 aromatic heterocycles. The van der Waals surface area contributed by atoms with Gasteiger partial charge in [0.2, 0.25) is 0 Å². The third kappa shape index (κ3) is 3.67. The quantitative estimate of drug-likeness (QED) is 0.756. The Hall–Kier alpha value is -1.75. The van der Waals surface area contributed by atoms with Gasteiger partial charge in [-0.05, 0) is 17.7 Å². The molecule has 1 unspecified atom stereocenters. The van der Waals surface area contributed by atoms with Gasteiger partial charge in [-0.15, -0.1) is 0 Å². The van der Waals surface area contributed by atoms with Gasteiger partial charge in [-0.2, -0.15) is 0 Å². The van der Waals surface area contributed by atoms with E-state index in [-0.39, 0.29) is 22.2 Å². The van der Waals surface area contributed by atoms with Gasteiger partial charge in [0, 0.05) is 5.69 Å². The van der Waals surface area contributed by atoms with Crippen molar-refractivity contribution in [1.29, 1.82) is 0 Å². The fourth-order valence-electron chi connectivity index (χ4n) is 1.93. The average Bonchev–Trinajstić information content (AvgIpc) is 2.49. The second-order valence-electron chi connectivity index (χ2n) is 4.48. The Morgan fingerprint density at radius 2 is 1.90 bits per heavy atom. The van der Waals surface area contributed by atoms with Gasteiger partial charge in [-0.3, -0.25) is 4.79 Å². The van der Waals surface area contributed by atoms with Gasteiger partial charge in [0.1, 0.15) is 0 Å². The summed E-state index contributed by atoms with van der Waals surface area (Å²) in [6, 6.07) is 11.5. The number of hydrogen-bond donors (Lipinski definition) is 3. The average molecular weight is 325 g/mol. The van der Waals surface area contributed by atoms with E-state index in [9.17, 15) is 9.90 Å². The lowest BCUT2D eigenvalue weighted by Gasteiger charge is -2.17. The molecule has 0 aliphatic carbocycles. The lowest BCUT2D eigenvalue weighted by Crippen LogP contribution is -2.31. The summed E-state index contributed by atoms with van der Waals surface area (Å²) in [6.45, 7) is -0.233. The van der Waals surface area contributed by atoms with Gasteiger partial charge < -0.3 is 16.2 Å². The van der Waals surface area contributed by atoms with E-state index in [4.69, 9.17) is 28.9 Å². The molecule has 0 saturated heterocycles. The number of carbonyl (C=O) groups is 1. The minimum absolute atomic E-state index is 0.133. The summed E-state index contributed by atoms with van der Waals surface area (Å²) in [7, 11) is 0. The van der Waals surface area contributed by atoms with Crippen molar-refractivity contribution in [1.82, 2.24) is 5.32 Å². The normalized spacial score (nSPS) is 12.0. The highest BCUT2D eigenvalue weighted by atomic mass is 35.5. The van der Waals surface area contributed by atoms with Crippen LogP contribution in [0, 0.1) is 0 Å². The molecule has 2 aromatic rings. The van der Waals surface area contributed by atoms with E-state index in [0.29, 0.717) is 5.69 Å². The lowest BCUT2D eigenvalue weighted by molar-refractivity contribution is 0.0916. The van der Waals surface area contributed by atoms with Crippen LogP contribution in [0.4, 0.5) is 5.69 Å². The summed E-state index contributed by atoms with van der Waals surface area (Å²) in [5.74, 6) is -0.447. The minimum atomic E-state index is -0.532. The Balaban J connectivity index is 2.25. The standard InChI is InChI=1S/C15H14Cl2N2O2/c16-12-7-10(18)6-11(14(12)17)15(21)19-13(8-20)9-4-2-1-3-5-9/h1-7,13,20H,8,18H2,(H,19,21). The van der Waals surface area contributed by atoms with Crippen LogP contribution in [0.1, 0.15) is 22.0 Å². The van der Waals surface area contributed by atoms with E-state index >= 15 is 0 Å². The van der Waals surface area contributed by atoms with E-state index < -0.39 is 11.9 Å². The van der Waals surface area contributed by atoms with Crippen LogP contribution in [0.15, 0.2) is 42.5 Å². The molecule has 1 amide bonds. The SMILES string of the molecule is Nc1cc(Cl)c(Cl)c(C(=O)NC(CO)c2ccccc2)c1. The summed E-state index contributed by atoms with van der Waals surface area (Å²) in [4.78, 5) is 12.3. The first kappa shape index (κ1) is 15.6. The number of aliphatic hydroxyl groups excluding tert-OH is 1. The second kappa shape index (κ2) is 6.80. The maximum atomic E-state index is 12.3. The van der Waals surface area contributed by atoms with Crippen molar-refractivity contribution in [2.75, 3.05) is 12.3 Å². The first-order valence-corrected chi connectivity index (χ1v) is 6.99. The Morgan fingerprint density at radius 3 is 2.52 bits per heavy atom. The third-order valence-corrected chi connectivity index (χ3v) is 3.79. The molecule has 0 bridgehead atoms. The van der Waals surface area contributed by atoms with Crippen LogP contribution < -0.4 is 11.1 Å². The topological polar surface area (TPSA) is 75.4 Å². The summed E-state index contributed by atoms with van der Waals surface area (Å²) in [5, 5.41) is 12.5. The number of rotatable bonds is 4. The number of nitrogens with one attached hydrogen (secondary N) is 1. The predicted octanol–water partition coefficient (Wildman–Crippen LogP) is 3.04. The number of nitrogen functional groups attached to an aromatic ring is 1. The first-order chi connectivity index (χ1) is 10.0. The largest absolute Gasteiger partial charge is 0.399 e. The Bertz CT molecular complexity index is 648. The van der Waals surface area contributed by atoms with E-state index in [1.807, 2.05) is 30.3 Å². The van der Waals surface area contributed by atoms with Crippen LogP contribution in [0.25, 0.3) is 0 Å². The van der Waals surface area contributed by atoms with Gasteiger partial charge in [-0.1, -0.05) is 53.5 Å². The maximum Gasteiger partial charge on any atom is 0.253 e. The Morgan fingerprint density at radius 1 is 1.24 bits per heavy atom. The van der Waals surface area contributed by atoms with Gasteiger partial charge in [0.15, 0.2) is 0 Å². The summed E-state index contributed by atoms with van der Waals surface area (Å²) in [5.41, 5.74) is 6.98. The smallest absolute Gasteiger partial charge is 0.253 e. The van der Waals surface area contributed by atoms with Crippen LogP contribution in [-0.2, 0) is 0 Å². The molecule has 2 rings (SSSR count). The first-order valence-electron chi connectivity index (χ1n) is 6.24. The molecule has 21 heavy (non-hydrogen) atoms. The molecule has 110 valence electrons. The zero-order valence-corrected chi connectivity index (χ0v) is 12.5. The number of hydrogen-bond acceptors (Lipinski definition) is 3. The Kier molecular flexibility index (Phi) is 5.07. The number of aliphatic hydroxyl groups is 1. The predicted molar refractivity (Wildman–Crippen MR) is 84.6 cm³/mol. The number of halogens is 2. The van der Waals surface area contributed by atoms with Gasteiger partial charge >= 0.3 is 0 Å². The highest BCUT2D eigenvalue weighted by Crippen LogP contribution is 2.29. The molecule has 0 saturated carbocycles. The van der Waals surface area contributed by atoms with Crippen molar-refractivity contribution < 1.29 is 9.90 Å². The third-order valence-electron chi connectivity index (χ3n) is 2.99. The molecule has 0 radical (unpaired) electrons. The molecular weight excluding hydrogens is 311 g/mol. The van der Waals surface area contributed by atoms with Crippen LogP contribution >= 0.6 is 23.2 Å². The molecule has 4 N–H and O–H groups in total. The molecule has 0 fully saturated rings. The van der Waals surface area contributed by atoms with Crippen molar-refractivity contribution >= 4 is 34.8 Å². The molecule has 4 nitrogen and oxygen atoms in total. The van der Waals surface area contributed by atoms with E-state index in [1.165, 1.54) is 12.1 Å². The summed E-state index contributed by atoms with van der Waals surface area (Å²) < 4.78 is 0. The molecule has 0 aliphatic rings. The van der Waals surface area contributed by atoms with Crippen LogP contribution in [-0.4, -0.2) is 17.6 Å². The minimum Gasteiger partial charge on any atom is -0.399 e. The molecule has 6 heteroatoms. The molecule has 0 spiro atoms. The Labute approximate surface area is 132 Å². The van der Waals surface area contributed by atoms with Crippen molar-refractivity contribution in [3.63, 3.8) is 0 Å². The van der Waals surface area contributed by atoms with Crippen molar-refractivity contribution in [2.24, 2.45) is 0 Å². The van der Waals surface area contributed by atoms with Crippen molar-refractivity contribution in [3.8, 4) is 0 Å². The number of amides is 1. The zero-order valence-electron chi connectivity index (χ0n) is 11.0. The summed E-state index contributed by atoms with van der Waals surface area (Å²) in [6.07, 6.45) is 0. The van der Waals surface area contributed by atoms with Gasteiger partial charge in [0.25, 0.3) is 5.91 Å².